The van der Waals surface area contributed by atoms with E-state index in [1.165, 1.54) is 37.9 Å². The van der Waals surface area contributed by atoms with E-state index in [4.69, 9.17) is 11.1 Å². The summed E-state index contributed by atoms with van der Waals surface area (Å²) in [7, 11) is 0. The Hall–Kier alpha value is -0.180. The summed E-state index contributed by atoms with van der Waals surface area (Å²) in [5.74, 6) is 1.52. The molecule has 0 bridgehead atoms. The van der Waals surface area contributed by atoms with Crippen LogP contribution in [0.15, 0.2) is 0 Å². The van der Waals surface area contributed by atoms with Crippen molar-refractivity contribution in [2.45, 2.75) is 50.2 Å². The summed E-state index contributed by atoms with van der Waals surface area (Å²) < 4.78 is 0. The van der Waals surface area contributed by atoms with Crippen molar-refractivity contribution in [3.63, 3.8) is 0 Å². The predicted molar refractivity (Wildman–Crippen MR) is 60.5 cm³/mol. The first-order chi connectivity index (χ1) is 6.29. The van der Waals surface area contributed by atoms with Crippen molar-refractivity contribution in [2.75, 3.05) is 5.75 Å². The number of hydrogen-bond acceptors (Lipinski definition) is 2. The fourth-order valence-electron chi connectivity index (χ4n) is 1.74. The molecule has 0 saturated heterocycles. The van der Waals surface area contributed by atoms with Gasteiger partial charge in [0.2, 0.25) is 0 Å². The van der Waals surface area contributed by atoms with Crippen molar-refractivity contribution in [1.29, 1.82) is 5.41 Å². The fraction of sp³-hybridized carbons (Fsp3) is 0.900. The number of thioether (sulfide) groups is 1. The molecule has 0 aliphatic heterocycles. The normalized spacial score (nSPS) is 18.8. The van der Waals surface area contributed by atoms with Crippen LogP contribution in [0.1, 0.15) is 44.9 Å². The summed E-state index contributed by atoms with van der Waals surface area (Å²) in [6, 6.07) is 0. The minimum absolute atomic E-state index is 0.337. The smallest absolute Gasteiger partial charge is 0.0905 e. The number of hydrogen-bond donors (Lipinski definition) is 2. The van der Waals surface area contributed by atoms with Crippen LogP contribution in [-0.2, 0) is 0 Å². The van der Waals surface area contributed by atoms with Crippen LogP contribution in [0.2, 0.25) is 0 Å². The number of nitrogens with two attached hydrogens (primary N) is 1. The first-order valence-electron chi connectivity index (χ1n) is 5.23. The van der Waals surface area contributed by atoms with Crippen LogP contribution in [0, 0.1) is 5.41 Å². The lowest BCUT2D eigenvalue weighted by Gasteiger charge is -2.20. The molecule has 1 aliphatic rings. The monoisotopic (exact) mass is 200 g/mol. The fourth-order valence-corrected chi connectivity index (χ4v) is 3.06. The van der Waals surface area contributed by atoms with Crippen molar-refractivity contribution in [3.05, 3.63) is 0 Å². The molecule has 0 atom stereocenters. The average molecular weight is 200 g/mol. The molecule has 0 heterocycles. The third kappa shape index (κ3) is 5.19. The molecular weight excluding hydrogens is 180 g/mol. The van der Waals surface area contributed by atoms with Gasteiger partial charge in [0.05, 0.1) is 5.84 Å². The molecular formula is C10H20N2S. The number of amidine groups is 1. The molecule has 1 aliphatic carbocycles. The summed E-state index contributed by atoms with van der Waals surface area (Å²) in [6.45, 7) is 0. The zero-order valence-electron chi connectivity index (χ0n) is 8.22. The highest BCUT2D eigenvalue weighted by Gasteiger charge is 2.12. The second-order valence-corrected chi connectivity index (χ2v) is 5.17. The molecule has 76 valence electrons. The Morgan fingerprint density at radius 2 is 2.00 bits per heavy atom. The first kappa shape index (κ1) is 10.9. The van der Waals surface area contributed by atoms with Gasteiger partial charge in [-0.3, -0.25) is 5.41 Å². The second kappa shape index (κ2) is 6.30. The lowest BCUT2D eigenvalue weighted by molar-refractivity contribution is 0.516. The molecule has 0 amide bonds. The van der Waals surface area contributed by atoms with Gasteiger partial charge < -0.3 is 5.73 Å². The van der Waals surface area contributed by atoms with Crippen molar-refractivity contribution in [2.24, 2.45) is 5.73 Å². The zero-order chi connectivity index (χ0) is 9.52. The highest BCUT2D eigenvalue weighted by Crippen LogP contribution is 2.28. The SMILES string of the molecule is N=C(N)CCCSC1CCCCC1. The van der Waals surface area contributed by atoms with Crippen LogP contribution in [0.5, 0.6) is 0 Å². The lowest BCUT2D eigenvalue weighted by atomic mass is 10.0. The van der Waals surface area contributed by atoms with E-state index in [1.807, 2.05) is 0 Å². The standard InChI is InChI=1S/C10H20N2S/c11-10(12)7-4-8-13-9-5-2-1-3-6-9/h9H,1-8H2,(H3,11,12). The Morgan fingerprint density at radius 3 is 2.62 bits per heavy atom. The topological polar surface area (TPSA) is 49.9 Å². The van der Waals surface area contributed by atoms with E-state index in [1.54, 1.807) is 0 Å². The van der Waals surface area contributed by atoms with Gasteiger partial charge in [0.25, 0.3) is 0 Å². The highest BCUT2D eigenvalue weighted by atomic mass is 32.2. The van der Waals surface area contributed by atoms with Gasteiger partial charge >= 0.3 is 0 Å². The zero-order valence-corrected chi connectivity index (χ0v) is 9.04. The van der Waals surface area contributed by atoms with Gasteiger partial charge in [-0.05, 0) is 25.0 Å². The maximum atomic E-state index is 7.09. The lowest BCUT2D eigenvalue weighted by Crippen LogP contribution is -2.11. The van der Waals surface area contributed by atoms with Crippen molar-refractivity contribution in [1.82, 2.24) is 0 Å². The van der Waals surface area contributed by atoms with Crippen LogP contribution in [-0.4, -0.2) is 16.8 Å². The van der Waals surface area contributed by atoms with Gasteiger partial charge in [-0.1, -0.05) is 19.3 Å². The van der Waals surface area contributed by atoms with Gasteiger partial charge in [0.15, 0.2) is 0 Å². The molecule has 1 fully saturated rings. The van der Waals surface area contributed by atoms with Gasteiger partial charge in [-0.15, -0.1) is 0 Å². The number of nitrogens with one attached hydrogen (secondary N) is 1. The molecule has 0 unspecified atom stereocenters. The molecule has 0 radical (unpaired) electrons. The molecule has 13 heavy (non-hydrogen) atoms. The van der Waals surface area contributed by atoms with Crippen molar-refractivity contribution < 1.29 is 0 Å². The van der Waals surface area contributed by atoms with Gasteiger partial charge in [-0.25, -0.2) is 0 Å². The Kier molecular flexibility index (Phi) is 5.28. The van der Waals surface area contributed by atoms with E-state index in [2.05, 4.69) is 11.8 Å². The molecule has 0 aromatic carbocycles. The molecule has 0 aromatic rings. The van der Waals surface area contributed by atoms with E-state index in [0.29, 0.717) is 5.84 Å². The van der Waals surface area contributed by atoms with E-state index >= 15 is 0 Å². The molecule has 0 spiro atoms. The van der Waals surface area contributed by atoms with Crippen LogP contribution in [0.3, 0.4) is 0 Å². The molecule has 1 saturated carbocycles. The summed E-state index contributed by atoms with van der Waals surface area (Å²) in [5.41, 5.74) is 5.29. The minimum Gasteiger partial charge on any atom is -0.388 e. The van der Waals surface area contributed by atoms with Crippen LogP contribution >= 0.6 is 11.8 Å². The molecule has 1 rings (SSSR count). The van der Waals surface area contributed by atoms with Crippen LogP contribution < -0.4 is 5.73 Å². The molecule has 3 heteroatoms. The summed E-state index contributed by atoms with van der Waals surface area (Å²) in [6.07, 6.45) is 8.95. The van der Waals surface area contributed by atoms with Gasteiger partial charge in [-0.2, -0.15) is 11.8 Å². The first-order valence-corrected chi connectivity index (χ1v) is 6.28. The summed E-state index contributed by atoms with van der Waals surface area (Å²) >= 11 is 2.09. The maximum absolute atomic E-state index is 7.09. The third-order valence-electron chi connectivity index (χ3n) is 2.50. The van der Waals surface area contributed by atoms with E-state index < -0.39 is 0 Å². The minimum atomic E-state index is 0.337. The van der Waals surface area contributed by atoms with Crippen LogP contribution in [0.25, 0.3) is 0 Å². The molecule has 2 nitrogen and oxygen atoms in total. The molecule has 0 aromatic heterocycles. The third-order valence-corrected chi connectivity index (χ3v) is 3.96. The predicted octanol–water partition coefficient (Wildman–Crippen LogP) is 2.77. The van der Waals surface area contributed by atoms with Crippen molar-refractivity contribution >= 4 is 17.6 Å². The maximum Gasteiger partial charge on any atom is 0.0905 e. The van der Waals surface area contributed by atoms with E-state index in [-0.39, 0.29) is 0 Å². The van der Waals surface area contributed by atoms with Gasteiger partial charge in [0.1, 0.15) is 0 Å². The van der Waals surface area contributed by atoms with Gasteiger partial charge in [0, 0.05) is 11.7 Å². The largest absolute Gasteiger partial charge is 0.388 e. The Balaban J connectivity index is 1.95. The quantitative estimate of drug-likeness (QED) is 0.407. The molecule has 3 N–H and O–H groups in total. The Labute approximate surface area is 85.2 Å². The average Bonchev–Trinajstić information content (AvgIpc) is 2.14. The Bertz CT molecular complexity index is 153. The van der Waals surface area contributed by atoms with Crippen molar-refractivity contribution in [3.8, 4) is 0 Å². The summed E-state index contributed by atoms with van der Waals surface area (Å²) in [4.78, 5) is 0. The highest BCUT2D eigenvalue weighted by molar-refractivity contribution is 7.99. The summed E-state index contributed by atoms with van der Waals surface area (Å²) in [5, 5.41) is 7.99. The van der Waals surface area contributed by atoms with E-state index in [0.717, 1.165) is 18.1 Å². The van der Waals surface area contributed by atoms with Crippen LogP contribution in [0.4, 0.5) is 0 Å². The second-order valence-electron chi connectivity index (χ2n) is 3.76. The van der Waals surface area contributed by atoms with E-state index in [9.17, 15) is 0 Å². The number of rotatable bonds is 5. The Morgan fingerprint density at radius 1 is 1.31 bits per heavy atom.